The molecule has 3 N–H and O–H groups in total. The average Bonchev–Trinajstić information content (AvgIpc) is 2.77. The molecule has 2 aromatic rings. The summed E-state index contributed by atoms with van der Waals surface area (Å²) >= 11 is 0.856. The van der Waals surface area contributed by atoms with Crippen LogP contribution >= 0.6 is 11.3 Å². The summed E-state index contributed by atoms with van der Waals surface area (Å²) < 4.78 is 66.6. The van der Waals surface area contributed by atoms with Crippen molar-refractivity contribution in [3.8, 4) is 5.75 Å². The molecule has 5 nitrogen and oxygen atoms in total. The zero-order valence-electron chi connectivity index (χ0n) is 10.2. The van der Waals surface area contributed by atoms with Crippen LogP contribution in [0, 0.1) is 0 Å². The summed E-state index contributed by atoms with van der Waals surface area (Å²) in [6.45, 7) is 0. The minimum absolute atomic E-state index is 0.109. The van der Waals surface area contributed by atoms with E-state index in [-0.39, 0.29) is 15.6 Å². The Morgan fingerprint density at radius 1 is 1.24 bits per heavy atom. The van der Waals surface area contributed by atoms with Gasteiger partial charge in [0.05, 0.1) is 5.69 Å². The molecule has 0 radical (unpaired) electrons. The Morgan fingerprint density at radius 3 is 2.48 bits per heavy atom. The van der Waals surface area contributed by atoms with Gasteiger partial charge in [-0.3, -0.25) is 4.72 Å². The Kier molecular flexibility index (Phi) is 4.01. The number of hydrogen-bond donors (Lipinski definition) is 2. The summed E-state index contributed by atoms with van der Waals surface area (Å²) in [5.74, 6) is -0.641. The van der Waals surface area contributed by atoms with Crippen LogP contribution in [0.25, 0.3) is 0 Å². The van der Waals surface area contributed by atoms with E-state index in [4.69, 9.17) is 5.73 Å². The number of anilines is 2. The molecule has 0 atom stereocenters. The van der Waals surface area contributed by atoms with Gasteiger partial charge in [0.25, 0.3) is 10.0 Å². The Labute approximate surface area is 122 Å². The van der Waals surface area contributed by atoms with Crippen molar-refractivity contribution in [2.24, 2.45) is 0 Å². The highest BCUT2D eigenvalue weighted by atomic mass is 32.2. The van der Waals surface area contributed by atoms with Gasteiger partial charge in [-0.1, -0.05) is 12.1 Å². The zero-order chi connectivity index (χ0) is 15.7. The Balaban J connectivity index is 2.31. The van der Waals surface area contributed by atoms with Gasteiger partial charge in [0, 0.05) is 11.1 Å². The van der Waals surface area contributed by atoms with Crippen molar-refractivity contribution in [2.45, 2.75) is 10.6 Å². The highest BCUT2D eigenvalue weighted by molar-refractivity contribution is 7.94. The molecule has 0 aliphatic heterocycles. The second-order valence-corrected chi connectivity index (χ2v) is 6.67. The van der Waals surface area contributed by atoms with Gasteiger partial charge in [0.2, 0.25) is 0 Å². The average molecular weight is 338 g/mol. The molecule has 0 spiro atoms. The molecule has 0 unspecified atom stereocenters. The van der Waals surface area contributed by atoms with Crippen molar-refractivity contribution >= 4 is 32.7 Å². The number of nitrogen functional groups attached to an aromatic ring is 1. The van der Waals surface area contributed by atoms with E-state index in [0.717, 1.165) is 23.5 Å². The molecular weight excluding hydrogens is 329 g/mol. The predicted octanol–water partition coefficient (Wildman–Crippen LogP) is 3.03. The third-order valence-corrected chi connectivity index (χ3v) is 5.04. The fraction of sp³-hybridized carbons (Fsp3) is 0.0909. The van der Waals surface area contributed by atoms with Gasteiger partial charge in [0.1, 0.15) is 4.21 Å². The van der Waals surface area contributed by atoms with E-state index in [9.17, 15) is 21.6 Å². The van der Waals surface area contributed by atoms with Crippen LogP contribution in [0.15, 0.2) is 39.9 Å². The first-order chi connectivity index (χ1) is 9.67. The summed E-state index contributed by atoms with van der Waals surface area (Å²) in [6.07, 6.45) is -4.92. The molecule has 0 saturated carbocycles. The Bertz CT molecular complexity index is 741. The lowest BCUT2D eigenvalue weighted by Gasteiger charge is -2.14. The molecule has 114 valence electrons. The van der Waals surface area contributed by atoms with E-state index in [0.29, 0.717) is 0 Å². The first-order valence-electron chi connectivity index (χ1n) is 5.39. The maximum atomic E-state index is 12.3. The summed E-state index contributed by atoms with van der Waals surface area (Å²) in [5, 5.41) is 1.41. The number of benzene rings is 1. The molecule has 2 rings (SSSR count). The van der Waals surface area contributed by atoms with E-state index >= 15 is 0 Å². The summed E-state index contributed by atoms with van der Waals surface area (Å²) in [6, 6.07) is 6.05. The number of hydrogen-bond acceptors (Lipinski definition) is 5. The molecule has 10 heteroatoms. The van der Waals surface area contributed by atoms with Crippen LogP contribution in [0.3, 0.4) is 0 Å². The fourth-order valence-corrected chi connectivity index (χ4v) is 3.58. The summed E-state index contributed by atoms with van der Waals surface area (Å²) in [4.78, 5) is 0. The van der Waals surface area contributed by atoms with Gasteiger partial charge in [-0.25, -0.2) is 8.42 Å². The topological polar surface area (TPSA) is 81.4 Å². The van der Waals surface area contributed by atoms with Gasteiger partial charge in [-0.05, 0) is 18.2 Å². The van der Waals surface area contributed by atoms with Crippen molar-refractivity contribution in [1.29, 1.82) is 0 Å². The minimum atomic E-state index is -4.92. The quantitative estimate of drug-likeness (QED) is 0.898. The summed E-state index contributed by atoms with van der Waals surface area (Å²) in [7, 11) is -4.03. The lowest BCUT2D eigenvalue weighted by molar-refractivity contribution is -0.274. The molecule has 0 fully saturated rings. The van der Waals surface area contributed by atoms with Gasteiger partial charge < -0.3 is 10.5 Å². The smallest absolute Gasteiger partial charge is 0.404 e. The summed E-state index contributed by atoms with van der Waals surface area (Å²) in [5.41, 5.74) is 5.36. The number of halogens is 3. The van der Waals surface area contributed by atoms with Gasteiger partial charge in [-0.15, -0.1) is 24.5 Å². The number of nitrogens with one attached hydrogen (secondary N) is 1. The number of alkyl halides is 3. The van der Waals surface area contributed by atoms with Gasteiger partial charge >= 0.3 is 6.36 Å². The van der Waals surface area contributed by atoms with E-state index < -0.39 is 22.1 Å². The number of thiophene rings is 1. The minimum Gasteiger partial charge on any atom is -0.404 e. The second-order valence-electron chi connectivity index (χ2n) is 3.85. The lowest BCUT2D eigenvalue weighted by atomic mass is 10.3. The van der Waals surface area contributed by atoms with Crippen LogP contribution < -0.4 is 15.2 Å². The first-order valence-corrected chi connectivity index (χ1v) is 7.75. The van der Waals surface area contributed by atoms with Crippen LogP contribution in [0.1, 0.15) is 0 Å². The standard InChI is InChI=1S/C11H9F3N2O3S2/c12-11(13,14)19-9-4-2-1-3-8(9)16-21(17,18)10-5-7(15)6-20-10/h1-6,16H,15H2. The van der Waals surface area contributed by atoms with Crippen LogP contribution in [-0.2, 0) is 10.0 Å². The molecule has 0 saturated heterocycles. The largest absolute Gasteiger partial charge is 0.573 e. The number of nitrogens with two attached hydrogens (primary N) is 1. The van der Waals surface area contributed by atoms with Crippen molar-refractivity contribution in [3.63, 3.8) is 0 Å². The highest BCUT2D eigenvalue weighted by Gasteiger charge is 2.32. The van der Waals surface area contributed by atoms with Crippen LogP contribution in [0.5, 0.6) is 5.75 Å². The molecular formula is C11H9F3N2O3S2. The lowest BCUT2D eigenvalue weighted by Crippen LogP contribution is -2.19. The zero-order valence-corrected chi connectivity index (χ0v) is 11.8. The third-order valence-electron chi connectivity index (χ3n) is 2.22. The normalized spacial score (nSPS) is 12.1. The van der Waals surface area contributed by atoms with Gasteiger partial charge in [0.15, 0.2) is 5.75 Å². The monoisotopic (exact) mass is 338 g/mol. The second kappa shape index (κ2) is 5.45. The van der Waals surface area contributed by atoms with Crippen molar-refractivity contribution in [2.75, 3.05) is 10.5 Å². The number of rotatable bonds is 4. The van der Waals surface area contributed by atoms with Crippen molar-refractivity contribution < 1.29 is 26.3 Å². The van der Waals surface area contributed by atoms with Crippen molar-refractivity contribution in [1.82, 2.24) is 0 Å². The molecule has 1 aromatic heterocycles. The Morgan fingerprint density at radius 2 is 1.90 bits per heavy atom. The fourth-order valence-electron chi connectivity index (χ4n) is 1.43. The number of sulfonamides is 1. The van der Waals surface area contributed by atoms with Crippen LogP contribution in [0.2, 0.25) is 0 Å². The Hall–Kier alpha value is -1.94. The SMILES string of the molecule is Nc1csc(S(=O)(=O)Nc2ccccc2OC(F)(F)F)c1. The number of para-hydroxylation sites is 2. The molecule has 0 aliphatic rings. The van der Waals surface area contributed by atoms with Gasteiger partial charge in [-0.2, -0.15) is 0 Å². The predicted molar refractivity (Wildman–Crippen MR) is 72.7 cm³/mol. The molecule has 0 amide bonds. The van der Waals surface area contributed by atoms with E-state index in [1.165, 1.54) is 23.6 Å². The molecule has 0 bridgehead atoms. The molecule has 1 aromatic carbocycles. The third kappa shape index (κ3) is 4.02. The van der Waals surface area contributed by atoms with E-state index in [2.05, 4.69) is 4.74 Å². The molecule has 21 heavy (non-hydrogen) atoms. The maximum Gasteiger partial charge on any atom is 0.573 e. The van der Waals surface area contributed by atoms with E-state index in [1.54, 1.807) is 0 Å². The maximum absolute atomic E-state index is 12.3. The molecule has 1 heterocycles. The van der Waals surface area contributed by atoms with Crippen molar-refractivity contribution in [3.05, 3.63) is 35.7 Å². The number of ether oxygens (including phenoxy) is 1. The van der Waals surface area contributed by atoms with E-state index in [1.807, 2.05) is 4.72 Å². The van der Waals surface area contributed by atoms with Crippen LogP contribution in [-0.4, -0.2) is 14.8 Å². The first kappa shape index (κ1) is 15.4. The van der Waals surface area contributed by atoms with Crippen LogP contribution in [0.4, 0.5) is 24.5 Å². The highest BCUT2D eigenvalue weighted by Crippen LogP contribution is 2.32. The molecule has 0 aliphatic carbocycles.